The van der Waals surface area contributed by atoms with E-state index >= 15 is 0 Å². The fourth-order valence-corrected chi connectivity index (χ4v) is 4.29. The van der Waals surface area contributed by atoms with Crippen molar-refractivity contribution in [3.8, 4) is 0 Å². The summed E-state index contributed by atoms with van der Waals surface area (Å²) in [5.74, 6) is -3.50. The summed E-state index contributed by atoms with van der Waals surface area (Å²) in [6, 6.07) is 5.69. The molecule has 1 atom stereocenters. The number of hydrogen-bond donors (Lipinski definition) is 3. The molecule has 9 nitrogen and oxygen atoms in total. The van der Waals surface area contributed by atoms with E-state index in [1.807, 2.05) is 12.1 Å². The van der Waals surface area contributed by atoms with Crippen LogP contribution in [0, 0.1) is 0 Å². The van der Waals surface area contributed by atoms with E-state index in [9.17, 15) is 27.6 Å². The number of fused-ring (bicyclic) bond motifs is 1. The van der Waals surface area contributed by atoms with E-state index in [0.717, 1.165) is 37.2 Å². The Morgan fingerprint density at radius 1 is 1.15 bits per heavy atom. The topological polar surface area (TPSA) is 119 Å². The van der Waals surface area contributed by atoms with Crippen molar-refractivity contribution < 1.29 is 37.5 Å². The Morgan fingerprint density at radius 3 is 2.36 bits per heavy atom. The molecule has 3 aliphatic heterocycles. The lowest BCUT2D eigenvalue weighted by molar-refractivity contribution is -0.192. The second kappa shape index (κ2) is 9.77. The predicted molar refractivity (Wildman–Crippen MR) is 110 cm³/mol. The first-order valence-electron chi connectivity index (χ1n) is 10.5. The fraction of sp³-hybridized carbons (Fsp3) is 0.524. The summed E-state index contributed by atoms with van der Waals surface area (Å²) in [5.41, 5.74) is 2.73. The fourth-order valence-electron chi connectivity index (χ4n) is 4.29. The number of carbonyl (C=O) groups excluding carboxylic acids is 3. The molecule has 0 radical (unpaired) electrons. The Balaban J connectivity index is 0.000000383. The molecule has 0 aliphatic carbocycles. The highest BCUT2D eigenvalue weighted by atomic mass is 19.4. The van der Waals surface area contributed by atoms with Crippen LogP contribution in [0.5, 0.6) is 0 Å². The smallest absolute Gasteiger partial charge is 0.475 e. The second-order valence-corrected chi connectivity index (χ2v) is 8.10. The molecule has 33 heavy (non-hydrogen) atoms. The Kier molecular flexibility index (Phi) is 7.25. The van der Waals surface area contributed by atoms with Gasteiger partial charge in [-0.05, 0) is 44.5 Å². The van der Waals surface area contributed by atoms with Crippen molar-refractivity contribution in [2.75, 3.05) is 25.0 Å². The van der Waals surface area contributed by atoms with Crippen LogP contribution in [-0.2, 0) is 20.9 Å². The quantitative estimate of drug-likeness (QED) is 0.570. The van der Waals surface area contributed by atoms with Gasteiger partial charge in [0.1, 0.15) is 6.04 Å². The molecule has 0 spiro atoms. The van der Waals surface area contributed by atoms with E-state index in [4.69, 9.17) is 9.90 Å². The van der Waals surface area contributed by atoms with Gasteiger partial charge in [0.25, 0.3) is 5.91 Å². The van der Waals surface area contributed by atoms with Gasteiger partial charge in [-0.3, -0.25) is 19.7 Å². The van der Waals surface area contributed by atoms with Gasteiger partial charge in [-0.25, -0.2) is 4.79 Å². The number of alkyl halides is 3. The molecule has 1 aromatic rings. The van der Waals surface area contributed by atoms with Gasteiger partial charge in [0.15, 0.2) is 0 Å². The first-order chi connectivity index (χ1) is 15.5. The number of hydrogen-bond acceptors (Lipinski definition) is 6. The molecule has 0 bridgehead atoms. The lowest BCUT2D eigenvalue weighted by Gasteiger charge is -2.34. The van der Waals surface area contributed by atoms with Crippen molar-refractivity contribution >= 4 is 29.4 Å². The third kappa shape index (κ3) is 5.44. The molecule has 0 saturated carbocycles. The zero-order valence-electron chi connectivity index (χ0n) is 17.9. The predicted octanol–water partition coefficient (Wildman–Crippen LogP) is 1.27. The number of benzene rings is 1. The van der Waals surface area contributed by atoms with Gasteiger partial charge in [-0.15, -0.1) is 0 Å². The monoisotopic (exact) mass is 470 g/mol. The van der Waals surface area contributed by atoms with Gasteiger partial charge in [0.2, 0.25) is 11.8 Å². The molecule has 12 heteroatoms. The average molecular weight is 470 g/mol. The summed E-state index contributed by atoms with van der Waals surface area (Å²) in [6.45, 7) is 2.43. The molecule has 2 fully saturated rings. The zero-order valence-corrected chi connectivity index (χ0v) is 17.9. The molecule has 0 aromatic heterocycles. The van der Waals surface area contributed by atoms with Gasteiger partial charge in [0.05, 0.1) is 0 Å². The van der Waals surface area contributed by atoms with Crippen LogP contribution in [0.4, 0.5) is 18.9 Å². The molecule has 1 aromatic carbocycles. The van der Waals surface area contributed by atoms with E-state index in [-0.39, 0.29) is 24.1 Å². The van der Waals surface area contributed by atoms with Crippen LogP contribution in [0.3, 0.4) is 0 Å². The maximum Gasteiger partial charge on any atom is 0.490 e. The molecule has 3 N–H and O–H groups in total. The van der Waals surface area contributed by atoms with Crippen LogP contribution in [-0.4, -0.2) is 72.1 Å². The van der Waals surface area contributed by atoms with E-state index in [2.05, 4.69) is 28.6 Å². The SMILES string of the molecule is CN(c1cccc2c1CN(C1CCC(=O)NC1=O)C2=O)C1CCNCC1.O=C(O)C(F)(F)F. The van der Waals surface area contributed by atoms with E-state index in [1.165, 1.54) is 0 Å². The lowest BCUT2D eigenvalue weighted by atomic mass is 10.0. The maximum atomic E-state index is 12.9. The number of carboxylic acids is 1. The normalized spacial score (nSPS) is 21.2. The second-order valence-electron chi connectivity index (χ2n) is 8.10. The van der Waals surface area contributed by atoms with Gasteiger partial charge in [0, 0.05) is 42.9 Å². The number of aliphatic carboxylic acids is 1. The standard InChI is InChI=1S/C19H24N4O3.C2HF3O2/c1-22(12-7-9-20-10-8-12)15-4-2-3-13-14(15)11-23(19(13)26)16-5-6-17(24)21-18(16)25;3-2(4,5)1(6)7/h2-4,12,16,20H,5-11H2,1H3,(H,21,24,25);(H,6,7). The molecule has 3 aliphatic rings. The molecule has 3 amide bonds. The van der Waals surface area contributed by atoms with Gasteiger partial charge >= 0.3 is 12.1 Å². The average Bonchev–Trinajstić information content (AvgIpc) is 3.10. The Hall–Kier alpha value is -3.15. The third-order valence-corrected chi connectivity index (χ3v) is 6.04. The van der Waals surface area contributed by atoms with Gasteiger partial charge in [-0.1, -0.05) is 6.07 Å². The van der Waals surface area contributed by atoms with Crippen molar-refractivity contribution in [2.24, 2.45) is 0 Å². The van der Waals surface area contributed by atoms with E-state index < -0.39 is 18.2 Å². The molecular weight excluding hydrogens is 445 g/mol. The van der Waals surface area contributed by atoms with Crippen LogP contribution in [0.1, 0.15) is 41.6 Å². The summed E-state index contributed by atoms with van der Waals surface area (Å²) in [7, 11) is 2.09. The van der Waals surface area contributed by atoms with Crippen molar-refractivity contribution in [3.63, 3.8) is 0 Å². The summed E-state index contributed by atoms with van der Waals surface area (Å²) in [6.07, 6.45) is -2.27. The number of piperidine rings is 2. The lowest BCUT2D eigenvalue weighted by Crippen LogP contribution is -2.52. The first kappa shape index (κ1) is 24.5. The Morgan fingerprint density at radius 2 is 1.79 bits per heavy atom. The number of nitrogens with zero attached hydrogens (tertiary/aromatic N) is 2. The Bertz CT molecular complexity index is 946. The molecule has 3 heterocycles. The maximum absolute atomic E-state index is 12.9. The van der Waals surface area contributed by atoms with Crippen molar-refractivity contribution in [1.29, 1.82) is 0 Å². The minimum atomic E-state index is -5.08. The van der Waals surface area contributed by atoms with Gasteiger partial charge in [-0.2, -0.15) is 13.2 Å². The van der Waals surface area contributed by atoms with Gasteiger partial charge < -0.3 is 20.2 Å². The van der Waals surface area contributed by atoms with Crippen LogP contribution < -0.4 is 15.5 Å². The minimum absolute atomic E-state index is 0.116. The summed E-state index contributed by atoms with van der Waals surface area (Å²) in [5, 5.41) is 12.9. The molecule has 1 unspecified atom stereocenters. The molecule has 2 saturated heterocycles. The highest BCUT2D eigenvalue weighted by Crippen LogP contribution is 2.35. The molecule has 4 rings (SSSR count). The number of halogens is 3. The molecular formula is C21H25F3N4O5. The summed E-state index contributed by atoms with van der Waals surface area (Å²) >= 11 is 0. The van der Waals surface area contributed by atoms with E-state index in [0.29, 0.717) is 24.6 Å². The van der Waals surface area contributed by atoms with Crippen molar-refractivity contribution in [2.45, 2.75) is 50.5 Å². The summed E-state index contributed by atoms with van der Waals surface area (Å²) < 4.78 is 31.7. The first-order valence-corrected chi connectivity index (χ1v) is 10.5. The minimum Gasteiger partial charge on any atom is -0.475 e. The number of rotatable bonds is 3. The highest BCUT2D eigenvalue weighted by Gasteiger charge is 2.40. The van der Waals surface area contributed by atoms with Crippen LogP contribution in [0.15, 0.2) is 18.2 Å². The number of carboxylic acid groups (broad SMARTS) is 1. The highest BCUT2D eigenvalue weighted by molar-refractivity contribution is 6.06. The number of carbonyl (C=O) groups is 4. The van der Waals surface area contributed by atoms with Crippen LogP contribution in [0.2, 0.25) is 0 Å². The zero-order chi connectivity index (χ0) is 24.3. The van der Waals surface area contributed by atoms with Crippen molar-refractivity contribution in [1.82, 2.24) is 15.5 Å². The number of imide groups is 1. The number of amides is 3. The van der Waals surface area contributed by atoms with E-state index in [1.54, 1.807) is 4.90 Å². The molecule has 180 valence electrons. The Labute approximate surface area is 187 Å². The largest absolute Gasteiger partial charge is 0.490 e. The van der Waals surface area contributed by atoms with Crippen LogP contribution in [0.25, 0.3) is 0 Å². The third-order valence-electron chi connectivity index (χ3n) is 6.04. The summed E-state index contributed by atoms with van der Waals surface area (Å²) in [4.78, 5) is 49.3. The van der Waals surface area contributed by atoms with Crippen molar-refractivity contribution in [3.05, 3.63) is 29.3 Å². The number of nitrogens with one attached hydrogen (secondary N) is 2. The van der Waals surface area contributed by atoms with Crippen LogP contribution >= 0.6 is 0 Å². The number of anilines is 1.